The van der Waals surface area contributed by atoms with Crippen molar-refractivity contribution in [1.82, 2.24) is 0 Å². The molecule has 0 saturated heterocycles. The van der Waals surface area contributed by atoms with Gasteiger partial charge in [0.15, 0.2) is 0 Å². The normalized spacial score (nSPS) is 11.7. The fourth-order valence-electron chi connectivity index (χ4n) is 2.58. The smallest absolute Gasteiger partial charge is 0.144 e. The zero-order valence-electron chi connectivity index (χ0n) is 18.5. The van der Waals surface area contributed by atoms with E-state index in [0.717, 1.165) is 35.7 Å². The van der Waals surface area contributed by atoms with Gasteiger partial charge in [0.25, 0.3) is 0 Å². The number of ether oxygens (including phenoxy) is 3. The van der Waals surface area contributed by atoms with Crippen molar-refractivity contribution in [2.45, 2.75) is 6.92 Å². The third-order valence-corrected chi connectivity index (χ3v) is 4.17. The largest absolute Gasteiger partial charge is 0.494 e. The Kier molecular flexibility index (Phi) is 11.1. The molecule has 0 bridgehead atoms. The van der Waals surface area contributed by atoms with E-state index >= 15 is 0 Å². The van der Waals surface area contributed by atoms with E-state index in [2.05, 4.69) is 10.4 Å². The number of nitrogens with one attached hydrogen (secondary N) is 1. The summed E-state index contributed by atoms with van der Waals surface area (Å²) in [5, 5.41) is 8.53. The molecule has 7 nitrogen and oxygen atoms in total. The minimum atomic E-state index is -0.752. The predicted molar refractivity (Wildman–Crippen MR) is 125 cm³/mol. The fraction of sp³-hybridized carbons (Fsp3) is 0.250. The van der Waals surface area contributed by atoms with Crippen LogP contribution in [-0.2, 0) is 14.3 Å². The van der Waals surface area contributed by atoms with Gasteiger partial charge in [0, 0.05) is 25.1 Å². The molecule has 0 heterocycles. The van der Waals surface area contributed by atoms with Crippen molar-refractivity contribution < 1.29 is 27.8 Å². The average Bonchev–Trinajstić information content (AvgIpc) is 2.81. The van der Waals surface area contributed by atoms with E-state index in [1.807, 2.05) is 25.1 Å². The van der Waals surface area contributed by atoms with Crippen molar-refractivity contribution in [3.63, 3.8) is 0 Å². The van der Waals surface area contributed by atoms with E-state index < -0.39 is 11.6 Å². The molecule has 2 aromatic rings. The fourth-order valence-corrected chi connectivity index (χ4v) is 2.58. The standard InChI is InChI=1S/C24H27F2N3O4/c1-3-23(33-14-13-31-2)18-27-21-5-7-24(8-6-21)32-12-9-28-29(10-4-11-30)22-16-19(25)15-20(26)17-22/h3-11,15-17,27H,12-14,18H2,1-2H3/b10-4-,23-3+,28-9+. The van der Waals surface area contributed by atoms with Crippen molar-refractivity contribution in [3.8, 4) is 5.75 Å². The minimum Gasteiger partial charge on any atom is -0.494 e. The highest BCUT2D eigenvalue weighted by Gasteiger charge is 2.06. The van der Waals surface area contributed by atoms with Crippen LogP contribution >= 0.6 is 0 Å². The maximum absolute atomic E-state index is 13.5. The summed E-state index contributed by atoms with van der Waals surface area (Å²) in [5.41, 5.74) is 1.02. The number of benzene rings is 2. The number of carbonyl (C=O) groups is 1. The van der Waals surface area contributed by atoms with Gasteiger partial charge in [0.1, 0.15) is 42.6 Å². The van der Waals surface area contributed by atoms with Crippen LogP contribution in [0.1, 0.15) is 6.92 Å². The number of hydrogen-bond acceptors (Lipinski definition) is 7. The van der Waals surface area contributed by atoms with Gasteiger partial charge in [-0.2, -0.15) is 5.10 Å². The Bertz CT molecular complexity index is 942. The number of hydrazone groups is 1. The monoisotopic (exact) mass is 459 g/mol. The lowest BCUT2D eigenvalue weighted by Crippen LogP contribution is -2.11. The third-order valence-electron chi connectivity index (χ3n) is 4.17. The molecule has 2 aromatic carbocycles. The lowest BCUT2D eigenvalue weighted by atomic mass is 10.3. The molecule has 2 rings (SSSR count). The summed E-state index contributed by atoms with van der Waals surface area (Å²) in [6.45, 7) is 3.56. The van der Waals surface area contributed by atoms with Crippen molar-refractivity contribution in [2.24, 2.45) is 5.10 Å². The van der Waals surface area contributed by atoms with Crippen LogP contribution in [0.15, 0.2) is 71.7 Å². The van der Waals surface area contributed by atoms with E-state index in [0.29, 0.717) is 31.8 Å². The summed E-state index contributed by atoms with van der Waals surface area (Å²) in [4.78, 5) is 10.6. The van der Waals surface area contributed by atoms with Crippen LogP contribution in [0, 0.1) is 11.6 Å². The maximum Gasteiger partial charge on any atom is 0.144 e. The molecule has 0 aromatic heterocycles. The Hall–Kier alpha value is -3.72. The first-order chi connectivity index (χ1) is 16.0. The van der Waals surface area contributed by atoms with Crippen LogP contribution < -0.4 is 15.1 Å². The summed E-state index contributed by atoms with van der Waals surface area (Å²) >= 11 is 0. The number of allylic oxidation sites excluding steroid dienone is 2. The Morgan fingerprint density at radius 2 is 1.85 bits per heavy atom. The zero-order valence-corrected chi connectivity index (χ0v) is 18.5. The van der Waals surface area contributed by atoms with Crippen LogP contribution in [0.4, 0.5) is 20.2 Å². The first kappa shape index (κ1) is 25.5. The third kappa shape index (κ3) is 9.53. The van der Waals surface area contributed by atoms with E-state index in [-0.39, 0.29) is 12.3 Å². The van der Waals surface area contributed by atoms with Gasteiger partial charge >= 0.3 is 0 Å². The molecule has 0 aliphatic heterocycles. The van der Waals surface area contributed by atoms with Crippen molar-refractivity contribution >= 4 is 23.9 Å². The number of nitrogens with zero attached hydrogens (tertiary/aromatic N) is 2. The Morgan fingerprint density at radius 1 is 1.12 bits per heavy atom. The molecule has 0 amide bonds. The van der Waals surface area contributed by atoms with Crippen LogP contribution in [0.5, 0.6) is 5.75 Å². The number of methoxy groups -OCH3 is 1. The molecular weight excluding hydrogens is 432 g/mol. The molecule has 176 valence electrons. The summed E-state index contributed by atoms with van der Waals surface area (Å²) in [6, 6.07) is 10.3. The SMILES string of the molecule is C/C=C(\CNc1ccc(OC/C=N/N(/C=C\C=O)c2cc(F)cc(F)c2)cc1)OCCOC. The van der Waals surface area contributed by atoms with Crippen LogP contribution in [-0.4, -0.2) is 46.0 Å². The number of aldehydes is 1. The van der Waals surface area contributed by atoms with E-state index in [9.17, 15) is 13.6 Å². The van der Waals surface area contributed by atoms with Gasteiger partial charge in [-0.25, -0.2) is 13.8 Å². The molecule has 0 aliphatic carbocycles. The van der Waals surface area contributed by atoms with E-state index in [4.69, 9.17) is 14.2 Å². The van der Waals surface area contributed by atoms with E-state index in [1.54, 1.807) is 19.2 Å². The van der Waals surface area contributed by atoms with Gasteiger partial charge in [0.2, 0.25) is 0 Å². The first-order valence-electron chi connectivity index (χ1n) is 10.2. The van der Waals surface area contributed by atoms with Gasteiger partial charge in [-0.05, 0) is 55.5 Å². The van der Waals surface area contributed by atoms with Crippen LogP contribution in [0.3, 0.4) is 0 Å². The predicted octanol–water partition coefficient (Wildman–Crippen LogP) is 4.53. The van der Waals surface area contributed by atoms with Gasteiger partial charge in [-0.1, -0.05) is 0 Å². The number of carbonyl (C=O) groups excluding carboxylic acids is 1. The van der Waals surface area contributed by atoms with Crippen LogP contribution in [0.2, 0.25) is 0 Å². The number of halogens is 2. The molecule has 0 unspecified atom stereocenters. The Morgan fingerprint density at radius 3 is 2.48 bits per heavy atom. The van der Waals surface area contributed by atoms with Crippen molar-refractivity contribution in [3.05, 3.63) is 78.2 Å². The van der Waals surface area contributed by atoms with Gasteiger partial charge in [0.05, 0.1) is 25.1 Å². The highest BCUT2D eigenvalue weighted by molar-refractivity contribution is 5.68. The summed E-state index contributed by atoms with van der Waals surface area (Å²) in [7, 11) is 1.62. The van der Waals surface area contributed by atoms with Crippen LogP contribution in [0.25, 0.3) is 0 Å². The number of anilines is 2. The molecule has 0 radical (unpaired) electrons. The molecule has 33 heavy (non-hydrogen) atoms. The molecule has 1 N–H and O–H groups in total. The average molecular weight is 459 g/mol. The number of rotatable bonds is 14. The van der Waals surface area contributed by atoms with Gasteiger partial charge < -0.3 is 19.5 Å². The Balaban J connectivity index is 1.88. The summed E-state index contributed by atoms with van der Waals surface area (Å²) < 4.78 is 43.2. The maximum atomic E-state index is 13.5. The summed E-state index contributed by atoms with van der Waals surface area (Å²) in [5.74, 6) is -0.0770. The second-order valence-corrected chi connectivity index (χ2v) is 6.53. The molecule has 0 aliphatic rings. The second-order valence-electron chi connectivity index (χ2n) is 6.53. The lowest BCUT2D eigenvalue weighted by molar-refractivity contribution is -0.104. The molecule has 0 fully saturated rings. The van der Waals surface area contributed by atoms with Gasteiger partial charge in [-0.3, -0.25) is 4.79 Å². The summed E-state index contributed by atoms with van der Waals surface area (Å²) in [6.07, 6.45) is 6.30. The molecule has 0 atom stereocenters. The highest BCUT2D eigenvalue weighted by Crippen LogP contribution is 2.19. The van der Waals surface area contributed by atoms with Gasteiger partial charge in [-0.15, -0.1) is 0 Å². The lowest BCUT2D eigenvalue weighted by Gasteiger charge is -2.14. The zero-order chi connectivity index (χ0) is 23.9. The second kappa shape index (κ2) is 14.4. The first-order valence-corrected chi connectivity index (χ1v) is 10.2. The molecule has 0 spiro atoms. The highest BCUT2D eigenvalue weighted by atomic mass is 19.1. The molecule has 0 saturated carbocycles. The van der Waals surface area contributed by atoms with E-state index in [1.165, 1.54) is 17.4 Å². The molecular formula is C24H27F2N3O4. The number of hydrogen-bond donors (Lipinski definition) is 1. The van der Waals surface area contributed by atoms with Crippen molar-refractivity contribution in [1.29, 1.82) is 0 Å². The molecule has 9 heteroatoms. The Labute approximate surface area is 191 Å². The minimum absolute atomic E-state index is 0.103. The van der Waals surface area contributed by atoms with Crippen molar-refractivity contribution in [2.75, 3.05) is 43.8 Å². The quantitative estimate of drug-likeness (QED) is 0.112. The topological polar surface area (TPSA) is 72.4 Å².